The molecule has 0 spiro atoms. The Balaban J connectivity index is 1.75. The summed E-state index contributed by atoms with van der Waals surface area (Å²) in [6, 6.07) is 12.3. The summed E-state index contributed by atoms with van der Waals surface area (Å²) >= 11 is 0. The summed E-state index contributed by atoms with van der Waals surface area (Å²) in [5.41, 5.74) is 3.10. The SMILES string of the molecule is CC(=NC1CCNCC1)/C(=N\N)c1cc(OC(C)c2ccccc2F)n2c(C#N)cnc2c1. The fourth-order valence-corrected chi connectivity index (χ4v) is 4.08. The number of pyridine rings is 1. The van der Waals surface area contributed by atoms with Crippen LogP contribution < -0.4 is 15.9 Å². The molecule has 0 aliphatic carbocycles. The summed E-state index contributed by atoms with van der Waals surface area (Å²) in [7, 11) is 0. The Morgan fingerprint density at radius 2 is 2.09 bits per heavy atom. The largest absolute Gasteiger partial charge is 0.471 e. The number of ether oxygens (including phenoxy) is 1. The van der Waals surface area contributed by atoms with Gasteiger partial charge < -0.3 is 15.9 Å². The van der Waals surface area contributed by atoms with E-state index in [0.717, 1.165) is 25.9 Å². The number of nitrogens with one attached hydrogen (secondary N) is 1. The van der Waals surface area contributed by atoms with E-state index in [1.54, 1.807) is 41.7 Å². The van der Waals surface area contributed by atoms with Crippen molar-refractivity contribution in [3.05, 3.63) is 65.2 Å². The maximum Gasteiger partial charge on any atom is 0.201 e. The monoisotopic (exact) mass is 447 g/mol. The minimum atomic E-state index is -0.610. The molecule has 3 heterocycles. The van der Waals surface area contributed by atoms with Crippen molar-refractivity contribution in [2.75, 3.05) is 13.1 Å². The number of nitrogens with zero attached hydrogens (tertiary/aromatic N) is 5. The number of aromatic nitrogens is 2. The molecule has 9 heteroatoms. The first kappa shape index (κ1) is 22.4. The van der Waals surface area contributed by atoms with Crippen LogP contribution in [0.3, 0.4) is 0 Å². The molecular weight excluding hydrogens is 421 g/mol. The van der Waals surface area contributed by atoms with Gasteiger partial charge >= 0.3 is 0 Å². The second kappa shape index (κ2) is 9.79. The highest BCUT2D eigenvalue weighted by atomic mass is 19.1. The predicted octanol–water partition coefficient (Wildman–Crippen LogP) is 3.36. The molecule has 0 bridgehead atoms. The lowest BCUT2D eigenvalue weighted by Gasteiger charge is -2.20. The van der Waals surface area contributed by atoms with Crippen molar-refractivity contribution in [1.29, 1.82) is 5.26 Å². The zero-order chi connectivity index (χ0) is 23.4. The number of nitrogens with two attached hydrogens (primary N) is 1. The van der Waals surface area contributed by atoms with E-state index in [0.29, 0.717) is 39.8 Å². The highest BCUT2D eigenvalue weighted by molar-refractivity contribution is 6.47. The number of imidazole rings is 1. The molecule has 170 valence electrons. The molecular formula is C24H26FN7O. The summed E-state index contributed by atoms with van der Waals surface area (Å²) < 4.78 is 22.1. The Morgan fingerprint density at radius 3 is 2.79 bits per heavy atom. The number of hydrogen-bond donors (Lipinski definition) is 2. The van der Waals surface area contributed by atoms with Crippen LogP contribution in [0, 0.1) is 17.1 Å². The van der Waals surface area contributed by atoms with Crippen molar-refractivity contribution < 1.29 is 9.13 Å². The number of nitriles is 1. The van der Waals surface area contributed by atoms with Crippen molar-refractivity contribution in [2.45, 2.75) is 38.8 Å². The molecule has 3 aromatic rings. The minimum Gasteiger partial charge on any atom is -0.471 e. The van der Waals surface area contributed by atoms with E-state index in [9.17, 15) is 9.65 Å². The fourth-order valence-electron chi connectivity index (χ4n) is 4.08. The van der Waals surface area contributed by atoms with Crippen LogP contribution in [-0.2, 0) is 0 Å². The molecule has 4 rings (SSSR count). The molecule has 1 unspecified atom stereocenters. The molecule has 0 radical (unpaired) electrons. The van der Waals surface area contributed by atoms with E-state index in [-0.39, 0.29) is 11.9 Å². The van der Waals surface area contributed by atoms with Gasteiger partial charge in [0.25, 0.3) is 0 Å². The quantitative estimate of drug-likeness (QED) is 0.342. The Kier molecular flexibility index (Phi) is 6.66. The van der Waals surface area contributed by atoms with Gasteiger partial charge in [-0.15, -0.1) is 0 Å². The number of piperidine rings is 1. The summed E-state index contributed by atoms with van der Waals surface area (Å²) in [5.74, 6) is 5.75. The van der Waals surface area contributed by atoms with Crippen LogP contribution in [0.1, 0.15) is 49.6 Å². The molecule has 33 heavy (non-hydrogen) atoms. The Labute approximate surface area is 191 Å². The van der Waals surface area contributed by atoms with E-state index < -0.39 is 6.10 Å². The number of hydrogen-bond acceptors (Lipinski definition) is 7. The number of hydrazone groups is 1. The summed E-state index contributed by atoms with van der Waals surface area (Å²) in [5, 5.41) is 16.9. The first-order valence-corrected chi connectivity index (χ1v) is 10.9. The Morgan fingerprint density at radius 1 is 1.33 bits per heavy atom. The topological polar surface area (TPSA) is 113 Å². The third-order valence-corrected chi connectivity index (χ3v) is 5.76. The maximum atomic E-state index is 14.3. The van der Waals surface area contributed by atoms with E-state index in [2.05, 4.69) is 21.5 Å². The van der Waals surface area contributed by atoms with Crippen molar-refractivity contribution in [1.82, 2.24) is 14.7 Å². The van der Waals surface area contributed by atoms with Gasteiger partial charge in [-0.05, 0) is 51.9 Å². The van der Waals surface area contributed by atoms with Crippen LogP contribution in [0.2, 0.25) is 0 Å². The van der Waals surface area contributed by atoms with Crippen molar-refractivity contribution >= 4 is 17.1 Å². The van der Waals surface area contributed by atoms with E-state index in [1.165, 1.54) is 12.3 Å². The Hall–Kier alpha value is -3.77. The highest BCUT2D eigenvalue weighted by Gasteiger charge is 2.20. The normalized spacial score (nSPS) is 16.5. The molecule has 3 N–H and O–H groups in total. The van der Waals surface area contributed by atoms with Crippen LogP contribution in [0.5, 0.6) is 5.88 Å². The third kappa shape index (κ3) is 4.71. The lowest BCUT2D eigenvalue weighted by Crippen LogP contribution is -2.31. The van der Waals surface area contributed by atoms with Crippen LogP contribution >= 0.6 is 0 Å². The minimum absolute atomic E-state index is 0.208. The lowest BCUT2D eigenvalue weighted by atomic mass is 10.0. The summed E-state index contributed by atoms with van der Waals surface area (Å²) in [4.78, 5) is 9.17. The van der Waals surface area contributed by atoms with Crippen molar-refractivity contribution in [2.24, 2.45) is 15.9 Å². The van der Waals surface area contributed by atoms with E-state index in [4.69, 9.17) is 15.6 Å². The first-order valence-electron chi connectivity index (χ1n) is 10.9. The van der Waals surface area contributed by atoms with Gasteiger partial charge in [-0.1, -0.05) is 18.2 Å². The van der Waals surface area contributed by atoms with Gasteiger partial charge in [0.05, 0.1) is 18.0 Å². The fraction of sp³-hybridized carbons (Fsp3) is 0.333. The van der Waals surface area contributed by atoms with Gasteiger partial charge in [0.1, 0.15) is 35.0 Å². The number of aliphatic imine (C=N–C) groups is 1. The molecule has 0 amide bonds. The van der Waals surface area contributed by atoms with Gasteiger partial charge in [0.15, 0.2) is 0 Å². The molecule has 0 saturated carbocycles. The second-order valence-corrected chi connectivity index (χ2v) is 7.99. The van der Waals surface area contributed by atoms with Gasteiger partial charge in [0.2, 0.25) is 5.88 Å². The summed E-state index contributed by atoms with van der Waals surface area (Å²) in [6.07, 6.45) is 2.76. The van der Waals surface area contributed by atoms with Gasteiger partial charge in [0, 0.05) is 17.2 Å². The molecule has 1 saturated heterocycles. The standard InChI is InChI=1S/C24H26FN7O/c1-15(30-18-7-9-28-10-8-18)24(31-27)17-11-22-29-14-19(13-26)32(22)23(12-17)33-16(2)20-5-3-4-6-21(20)25/h3-6,11-12,14,16,18,28H,7-10,27H2,1-2H3/b30-15?,31-24+. The Bertz CT molecular complexity index is 1250. The smallest absolute Gasteiger partial charge is 0.201 e. The second-order valence-electron chi connectivity index (χ2n) is 7.99. The van der Waals surface area contributed by atoms with E-state index >= 15 is 0 Å². The number of rotatable bonds is 6. The van der Waals surface area contributed by atoms with Crippen LogP contribution in [0.4, 0.5) is 4.39 Å². The molecule has 1 aliphatic rings. The highest BCUT2D eigenvalue weighted by Crippen LogP contribution is 2.27. The predicted molar refractivity (Wildman–Crippen MR) is 125 cm³/mol. The molecule has 1 aromatic carbocycles. The molecule has 1 fully saturated rings. The number of halogens is 1. The number of benzene rings is 1. The van der Waals surface area contributed by atoms with Gasteiger partial charge in [-0.2, -0.15) is 10.4 Å². The molecule has 1 atom stereocenters. The molecule has 2 aromatic heterocycles. The molecule has 8 nitrogen and oxygen atoms in total. The lowest BCUT2D eigenvalue weighted by molar-refractivity contribution is 0.209. The van der Waals surface area contributed by atoms with Crippen LogP contribution in [-0.4, -0.2) is 39.9 Å². The zero-order valence-corrected chi connectivity index (χ0v) is 18.6. The summed E-state index contributed by atoms with van der Waals surface area (Å²) in [6.45, 7) is 5.49. The third-order valence-electron chi connectivity index (χ3n) is 5.76. The zero-order valence-electron chi connectivity index (χ0n) is 18.6. The van der Waals surface area contributed by atoms with Gasteiger partial charge in [-0.3, -0.25) is 9.39 Å². The van der Waals surface area contributed by atoms with Crippen molar-refractivity contribution in [3.63, 3.8) is 0 Å². The van der Waals surface area contributed by atoms with Crippen molar-refractivity contribution in [3.8, 4) is 11.9 Å². The van der Waals surface area contributed by atoms with Gasteiger partial charge in [-0.25, -0.2) is 9.37 Å². The average molecular weight is 448 g/mol. The average Bonchev–Trinajstić information content (AvgIpc) is 3.24. The van der Waals surface area contributed by atoms with E-state index in [1.807, 2.05) is 6.92 Å². The van der Waals surface area contributed by atoms with Crippen LogP contribution in [0.25, 0.3) is 5.65 Å². The number of fused-ring (bicyclic) bond motifs is 1. The first-order chi connectivity index (χ1) is 16.0. The van der Waals surface area contributed by atoms with Crippen LogP contribution in [0.15, 0.2) is 52.7 Å². The molecule has 1 aliphatic heterocycles. The maximum absolute atomic E-state index is 14.3.